The summed E-state index contributed by atoms with van der Waals surface area (Å²) in [5.74, 6) is -1.16. The number of halogens is 1. The fraction of sp³-hybridized carbons (Fsp3) is 0.545. The van der Waals surface area contributed by atoms with Crippen molar-refractivity contribution in [3.05, 3.63) is 14.7 Å². The van der Waals surface area contributed by atoms with Crippen LogP contribution in [0.1, 0.15) is 30.4 Å². The molecular formula is C11H16BrNO5S2. The Kier molecular flexibility index (Phi) is 5.73. The maximum absolute atomic E-state index is 12.2. The minimum atomic E-state index is -3.78. The van der Waals surface area contributed by atoms with Gasteiger partial charge in [0, 0.05) is 13.2 Å². The van der Waals surface area contributed by atoms with Crippen LogP contribution < -0.4 is 4.72 Å². The molecule has 0 radical (unpaired) electrons. The predicted molar refractivity (Wildman–Crippen MR) is 79.9 cm³/mol. The number of hydrogen-bond donors (Lipinski definition) is 2. The van der Waals surface area contributed by atoms with Crippen molar-refractivity contribution in [3.63, 3.8) is 0 Å². The molecule has 0 bridgehead atoms. The van der Waals surface area contributed by atoms with E-state index in [1.165, 1.54) is 0 Å². The van der Waals surface area contributed by atoms with Gasteiger partial charge in [0.15, 0.2) is 0 Å². The van der Waals surface area contributed by atoms with E-state index in [1.54, 1.807) is 13.8 Å². The van der Waals surface area contributed by atoms with Crippen LogP contribution in [0.3, 0.4) is 0 Å². The molecule has 0 saturated heterocycles. The first kappa shape index (κ1) is 17.6. The molecule has 1 heterocycles. The molecule has 0 spiro atoms. The quantitative estimate of drug-likeness (QED) is 0.750. The first-order valence-electron chi connectivity index (χ1n) is 5.75. The third-order valence-electron chi connectivity index (χ3n) is 2.38. The Morgan fingerprint density at radius 2 is 2.15 bits per heavy atom. The van der Waals surface area contributed by atoms with Crippen LogP contribution in [-0.2, 0) is 14.8 Å². The van der Waals surface area contributed by atoms with E-state index < -0.39 is 21.6 Å². The largest absolute Gasteiger partial charge is 0.477 e. The van der Waals surface area contributed by atoms with Gasteiger partial charge in [-0.2, -0.15) is 0 Å². The Morgan fingerprint density at radius 3 is 2.60 bits per heavy atom. The highest BCUT2D eigenvalue weighted by Gasteiger charge is 2.26. The van der Waals surface area contributed by atoms with E-state index in [-0.39, 0.29) is 20.1 Å². The molecule has 1 aromatic heterocycles. The van der Waals surface area contributed by atoms with Gasteiger partial charge in [-0.05, 0) is 42.8 Å². The number of ether oxygens (including phenoxy) is 1. The highest BCUT2D eigenvalue weighted by molar-refractivity contribution is 9.11. The molecule has 6 nitrogen and oxygen atoms in total. The Labute approximate surface area is 130 Å². The summed E-state index contributed by atoms with van der Waals surface area (Å²) in [4.78, 5) is 10.7. The van der Waals surface area contributed by atoms with Crippen LogP contribution in [0.2, 0.25) is 0 Å². The zero-order valence-corrected chi connectivity index (χ0v) is 14.5. The lowest BCUT2D eigenvalue weighted by atomic mass is 10.1. The molecule has 0 atom stereocenters. The molecule has 0 aromatic carbocycles. The number of sulfonamides is 1. The summed E-state index contributed by atoms with van der Waals surface area (Å²) in [6, 6.07) is 1.13. The first-order chi connectivity index (χ1) is 9.09. The maximum atomic E-state index is 12.2. The van der Waals surface area contributed by atoms with Crippen molar-refractivity contribution in [1.82, 2.24) is 4.72 Å². The molecule has 0 aliphatic heterocycles. The van der Waals surface area contributed by atoms with Crippen molar-refractivity contribution in [2.45, 2.75) is 31.3 Å². The molecule has 2 N–H and O–H groups in total. The van der Waals surface area contributed by atoms with Crippen molar-refractivity contribution in [2.75, 3.05) is 13.2 Å². The average molecular weight is 386 g/mol. The van der Waals surface area contributed by atoms with E-state index in [1.807, 2.05) is 6.92 Å². The SMILES string of the molecule is CCOC(C)(C)CNS(=O)(=O)c1cc(C(=O)O)sc1Br. The lowest BCUT2D eigenvalue weighted by molar-refractivity contribution is -0.00515. The van der Waals surface area contributed by atoms with Gasteiger partial charge >= 0.3 is 5.97 Å². The lowest BCUT2D eigenvalue weighted by Gasteiger charge is -2.24. The van der Waals surface area contributed by atoms with Gasteiger partial charge in [-0.25, -0.2) is 17.9 Å². The van der Waals surface area contributed by atoms with Gasteiger partial charge in [-0.1, -0.05) is 0 Å². The Balaban J connectivity index is 2.92. The van der Waals surface area contributed by atoms with Crippen LogP contribution in [0.4, 0.5) is 0 Å². The molecule has 0 aliphatic rings. The monoisotopic (exact) mass is 385 g/mol. The number of hydrogen-bond acceptors (Lipinski definition) is 5. The van der Waals surface area contributed by atoms with Crippen LogP contribution in [0, 0.1) is 0 Å². The van der Waals surface area contributed by atoms with Crippen molar-refractivity contribution in [1.29, 1.82) is 0 Å². The molecule has 0 aliphatic carbocycles. The molecule has 0 unspecified atom stereocenters. The fourth-order valence-electron chi connectivity index (χ4n) is 1.43. The second kappa shape index (κ2) is 6.52. The van der Waals surface area contributed by atoms with E-state index >= 15 is 0 Å². The van der Waals surface area contributed by atoms with Crippen molar-refractivity contribution in [3.8, 4) is 0 Å². The molecule has 9 heteroatoms. The van der Waals surface area contributed by atoms with Crippen LogP contribution in [-0.4, -0.2) is 38.2 Å². The summed E-state index contributed by atoms with van der Waals surface area (Å²) in [5.41, 5.74) is -0.639. The molecule has 1 rings (SSSR count). The Bertz CT molecular complexity index is 594. The van der Waals surface area contributed by atoms with E-state index in [0.717, 1.165) is 17.4 Å². The first-order valence-corrected chi connectivity index (χ1v) is 8.84. The van der Waals surface area contributed by atoms with Gasteiger partial charge in [0.25, 0.3) is 0 Å². The van der Waals surface area contributed by atoms with Crippen LogP contribution in [0.5, 0.6) is 0 Å². The Morgan fingerprint density at radius 1 is 1.55 bits per heavy atom. The summed E-state index contributed by atoms with van der Waals surface area (Å²) in [7, 11) is -3.78. The second-order valence-electron chi connectivity index (χ2n) is 4.57. The van der Waals surface area contributed by atoms with Gasteiger partial charge in [-0.3, -0.25) is 0 Å². The summed E-state index contributed by atoms with van der Waals surface area (Å²) in [6.45, 7) is 5.92. The highest BCUT2D eigenvalue weighted by atomic mass is 79.9. The number of thiophene rings is 1. The summed E-state index contributed by atoms with van der Waals surface area (Å²) in [5, 5.41) is 8.87. The van der Waals surface area contributed by atoms with Gasteiger partial charge in [0.1, 0.15) is 9.77 Å². The smallest absolute Gasteiger partial charge is 0.345 e. The van der Waals surface area contributed by atoms with Crippen molar-refractivity contribution >= 4 is 43.3 Å². The highest BCUT2D eigenvalue weighted by Crippen LogP contribution is 2.31. The number of carboxylic acid groups (broad SMARTS) is 1. The fourth-order valence-corrected chi connectivity index (χ4v) is 5.03. The predicted octanol–water partition coefficient (Wildman–Crippen LogP) is 2.30. The zero-order chi connectivity index (χ0) is 15.6. The molecule has 0 amide bonds. The van der Waals surface area contributed by atoms with Crippen molar-refractivity contribution < 1.29 is 23.1 Å². The van der Waals surface area contributed by atoms with Gasteiger partial charge in [-0.15, -0.1) is 11.3 Å². The van der Waals surface area contributed by atoms with Crippen LogP contribution in [0.25, 0.3) is 0 Å². The van der Waals surface area contributed by atoms with Gasteiger partial charge in [0.2, 0.25) is 10.0 Å². The van der Waals surface area contributed by atoms with Crippen molar-refractivity contribution in [2.24, 2.45) is 0 Å². The number of nitrogens with one attached hydrogen (secondary N) is 1. The number of rotatable bonds is 7. The van der Waals surface area contributed by atoms with E-state index in [0.29, 0.717) is 6.61 Å². The van der Waals surface area contributed by atoms with E-state index in [4.69, 9.17) is 9.84 Å². The Hall–Kier alpha value is -0.480. The molecule has 20 heavy (non-hydrogen) atoms. The summed E-state index contributed by atoms with van der Waals surface area (Å²) in [6.07, 6.45) is 0. The molecule has 1 aromatic rings. The second-order valence-corrected chi connectivity index (χ2v) is 8.68. The minimum absolute atomic E-state index is 0.0404. The normalized spacial score (nSPS) is 12.6. The average Bonchev–Trinajstić information content (AvgIpc) is 2.70. The summed E-state index contributed by atoms with van der Waals surface area (Å²) >= 11 is 3.94. The standard InChI is InChI=1S/C11H16BrNO5S2/c1-4-18-11(2,3)6-13-20(16,17)8-5-7(10(14)15)19-9(8)12/h5,13H,4,6H2,1-3H3,(H,14,15). The maximum Gasteiger partial charge on any atom is 0.345 e. The molecule has 0 fully saturated rings. The third-order valence-corrected chi connectivity index (χ3v) is 6.02. The van der Waals surface area contributed by atoms with Crippen LogP contribution >= 0.6 is 27.3 Å². The van der Waals surface area contributed by atoms with Crippen LogP contribution in [0.15, 0.2) is 14.7 Å². The van der Waals surface area contributed by atoms with E-state index in [9.17, 15) is 13.2 Å². The molecule has 114 valence electrons. The van der Waals surface area contributed by atoms with Gasteiger partial charge in [0.05, 0.1) is 9.39 Å². The number of carbonyl (C=O) groups is 1. The molecular weight excluding hydrogens is 370 g/mol. The van der Waals surface area contributed by atoms with E-state index in [2.05, 4.69) is 20.7 Å². The minimum Gasteiger partial charge on any atom is -0.477 e. The lowest BCUT2D eigenvalue weighted by Crippen LogP contribution is -2.40. The number of carboxylic acids is 1. The third kappa shape index (κ3) is 4.52. The van der Waals surface area contributed by atoms with Gasteiger partial charge < -0.3 is 9.84 Å². The summed E-state index contributed by atoms with van der Waals surface area (Å²) < 4.78 is 32.4. The number of aromatic carboxylic acids is 1. The topological polar surface area (TPSA) is 92.7 Å². The molecule has 0 saturated carbocycles. The zero-order valence-electron chi connectivity index (χ0n) is 11.3.